The van der Waals surface area contributed by atoms with Gasteiger partial charge in [-0.05, 0) is 48.2 Å². The lowest BCUT2D eigenvalue weighted by atomic mass is 10.1. The van der Waals surface area contributed by atoms with Crippen molar-refractivity contribution in [2.24, 2.45) is 0 Å². The van der Waals surface area contributed by atoms with Crippen molar-refractivity contribution in [2.75, 3.05) is 26.0 Å². The normalized spacial score (nSPS) is 10.6. The van der Waals surface area contributed by atoms with Crippen LogP contribution in [0.15, 0.2) is 48.5 Å². The molecule has 2 rings (SSSR count). The third kappa shape index (κ3) is 6.82. The van der Waals surface area contributed by atoms with Gasteiger partial charge in [-0.2, -0.15) is 5.06 Å². The first kappa shape index (κ1) is 18.8. The first-order valence-corrected chi connectivity index (χ1v) is 8.23. The number of nitrogens with zero attached hydrogens (tertiary/aromatic N) is 1. The molecule has 0 saturated carbocycles. The number of amides is 2. The molecule has 0 unspecified atom stereocenters. The Morgan fingerprint density at radius 2 is 1.72 bits per heavy atom. The van der Waals surface area contributed by atoms with Crippen molar-refractivity contribution in [3.05, 3.63) is 59.7 Å². The third-order valence-electron chi connectivity index (χ3n) is 3.77. The molecule has 0 spiro atoms. The number of benzene rings is 2. The maximum absolute atomic E-state index is 12.0. The Morgan fingerprint density at radius 3 is 2.32 bits per heavy atom. The van der Waals surface area contributed by atoms with Gasteiger partial charge in [0.05, 0.1) is 7.11 Å². The number of rotatable bonds is 8. The van der Waals surface area contributed by atoms with Gasteiger partial charge in [0.1, 0.15) is 5.75 Å². The number of urea groups is 1. The van der Waals surface area contributed by atoms with Crippen LogP contribution in [0.2, 0.25) is 0 Å². The average molecular weight is 343 g/mol. The van der Waals surface area contributed by atoms with Gasteiger partial charge in [0.25, 0.3) is 0 Å². The molecule has 25 heavy (non-hydrogen) atoms. The Kier molecular flexibility index (Phi) is 7.25. The lowest BCUT2D eigenvalue weighted by Gasteiger charge is -2.10. The van der Waals surface area contributed by atoms with E-state index in [4.69, 9.17) is 9.94 Å². The molecule has 0 heterocycles. The van der Waals surface area contributed by atoms with Gasteiger partial charge in [-0.3, -0.25) is 0 Å². The van der Waals surface area contributed by atoms with Crippen molar-refractivity contribution in [2.45, 2.75) is 19.4 Å². The third-order valence-corrected chi connectivity index (χ3v) is 3.77. The van der Waals surface area contributed by atoms with Gasteiger partial charge in [-0.15, -0.1) is 0 Å². The van der Waals surface area contributed by atoms with Gasteiger partial charge >= 0.3 is 6.03 Å². The lowest BCUT2D eigenvalue weighted by Crippen LogP contribution is -2.28. The molecule has 0 atom stereocenters. The maximum Gasteiger partial charge on any atom is 0.319 e. The minimum Gasteiger partial charge on any atom is -0.497 e. The van der Waals surface area contributed by atoms with E-state index >= 15 is 0 Å². The van der Waals surface area contributed by atoms with E-state index in [0.29, 0.717) is 13.1 Å². The number of hydrogen-bond donors (Lipinski definition) is 3. The van der Waals surface area contributed by atoms with Crippen LogP contribution in [0.5, 0.6) is 5.75 Å². The van der Waals surface area contributed by atoms with E-state index in [1.54, 1.807) is 14.2 Å². The second kappa shape index (κ2) is 9.66. The topological polar surface area (TPSA) is 73.8 Å². The molecular formula is C19H25N3O3. The van der Waals surface area contributed by atoms with Gasteiger partial charge in [0.15, 0.2) is 0 Å². The monoisotopic (exact) mass is 343 g/mol. The van der Waals surface area contributed by atoms with E-state index < -0.39 is 0 Å². The smallest absolute Gasteiger partial charge is 0.319 e. The zero-order valence-corrected chi connectivity index (χ0v) is 14.7. The number of ether oxygens (including phenoxy) is 1. The molecular weight excluding hydrogens is 318 g/mol. The largest absolute Gasteiger partial charge is 0.497 e. The second-order valence-corrected chi connectivity index (χ2v) is 5.84. The Bertz CT molecular complexity index is 655. The maximum atomic E-state index is 12.0. The first-order valence-electron chi connectivity index (χ1n) is 8.23. The number of anilines is 1. The molecule has 0 aromatic heterocycles. The molecule has 0 aliphatic rings. The van der Waals surface area contributed by atoms with Crippen LogP contribution in [-0.2, 0) is 13.0 Å². The molecule has 0 aliphatic heterocycles. The van der Waals surface area contributed by atoms with E-state index in [9.17, 15) is 4.79 Å². The number of hydrogen-bond acceptors (Lipinski definition) is 4. The summed E-state index contributed by atoms with van der Waals surface area (Å²) in [5.74, 6) is 0.791. The highest BCUT2D eigenvalue weighted by molar-refractivity contribution is 5.89. The van der Waals surface area contributed by atoms with Crippen LogP contribution in [0.25, 0.3) is 0 Å². The predicted octanol–water partition coefficient (Wildman–Crippen LogP) is 3.27. The summed E-state index contributed by atoms with van der Waals surface area (Å²) in [4.78, 5) is 12.0. The molecule has 0 aliphatic carbocycles. The SMILES string of the molecule is COc1ccc(CNC(=O)Nc2ccc(CCCN(C)O)cc2)cc1. The number of nitrogens with one attached hydrogen (secondary N) is 2. The van der Waals surface area contributed by atoms with Gasteiger partial charge in [-0.25, -0.2) is 4.79 Å². The fraction of sp³-hybridized carbons (Fsp3) is 0.316. The van der Waals surface area contributed by atoms with Crippen LogP contribution in [0.3, 0.4) is 0 Å². The molecule has 6 heteroatoms. The summed E-state index contributed by atoms with van der Waals surface area (Å²) in [6.07, 6.45) is 1.76. The van der Waals surface area contributed by atoms with Crippen molar-refractivity contribution in [3.63, 3.8) is 0 Å². The van der Waals surface area contributed by atoms with Crippen LogP contribution in [0.4, 0.5) is 10.5 Å². The second-order valence-electron chi connectivity index (χ2n) is 5.84. The molecule has 0 radical (unpaired) electrons. The summed E-state index contributed by atoms with van der Waals surface area (Å²) < 4.78 is 5.11. The van der Waals surface area contributed by atoms with E-state index in [-0.39, 0.29) is 6.03 Å². The summed E-state index contributed by atoms with van der Waals surface area (Å²) in [7, 11) is 3.26. The zero-order valence-electron chi connectivity index (χ0n) is 14.7. The summed E-state index contributed by atoms with van der Waals surface area (Å²) in [5, 5.41) is 15.9. The van der Waals surface area contributed by atoms with Gasteiger partial charge in [0, 0.05) is 25.8 Å². The van der Waals surface area contributed by atoms with Crippen LogP contribution >= 0.6 is 0 Å². The highest BCUT2D eigenvalue weighted by Gasteiger charge is 2.03. The summed E-state index contributed by atoms with van der Waals surface area (Å²) in [6, 6.07) is 15.0. The van der Waals surface area contributed by atoms with E-state index in [1.165, 1.54) is 10.6 Å². The van der Waals surface area contributed by atoms with Gasteiger partial charge < -0.3 is 20.6 Å². The first-order chi connectivity index (χ1) is 12.1. The molecule has 134 valence electrons. The van der Waals surface area contributed by atoms with Crippen LogP contribution in [0, 0.1) is 0 Å². The zero-order chi connectivity index (χ0) is 18.1. The van der Waals surface area contributed by atoms with Crippen LogP contribution in [-0.4, -0.2) is 37.0 Å². The van der Waals surface area contributed by atoms with Crippen molar-refractivity contribution < 1.29 is 14.7 Å². The molecule has 0 bridgehead atoms. The minimum absolute atomic E-state index is 0.245. The number of hydroxylamine groups is 2. The Balaban J connectivity index is 1.75. The Hall–Kier alpha value is -2.57. The van der Waals surface area contributed by atoms with Crippen LogP contribution in [0.1, 0.15) is 17.5 Å². The average Bonchev–Trinajstić information content (AvgIpc) is 2.61. The number of carbonyl (C=O) groups excluding carboxylic acids is 1. The summed E-state index contributed by atoms with van der Waals surface area (Å²) in [5.41, 5.74) is 2.92. The summed E-state index contributed by atoms with van der Waals surface area (Å²) in [6.45, 7) is 1.08. The van der Waals surface area contributed by atoms with Gasteiger partial charge in [0.2, 0.25) is 0 Å². The van der Waals surface area contributed by atoms with Crippen molar-refractivity contribution in [3.8, 4) is 5.75 Å². The lowest BCUT2D eigenvalue weighted by molar-refractivity contribution is -0.0651. The molecule has 0 fully saturated rings. The van der Waals surface area contributed by atoms with E-state index in [0.717, 1.165) is 29.8 Å². The highest BCUT2D eigenvalue weighted by atomic mass is 16.5. The van der Waals surface area contributed by atoms with E-state index in [2.05, 4.69) is 10.6 Å². The molecule has 0 saturated heterocycles. The molecule has 3 N–H and O–H groups in total. The number of carbonyl (C=O) groups is 1. The fourth-order valence-electron chi connectivity index (χ4n) is 2.37. The Labute approximate surface area is 148 Å². The molecule has 2 amide bonds. The molecule has 2 aromatic rings. The Morgan fingerprint density at radius 1 is 1.08 bits per heavy atom. The van der Waals surface area contributed by atoms with Crippen LogP contribution < -0.4 is 15.4 Å². The minimum atomic E-state index is -0.245. The van der Waals surface area contributed by atoms with Crippen molar-refractivity contribution >= 4 is 11.7 Å². The highest BCUT2D eigenvalue weighted by Crippen LogP contribution is 2.12. The standard InChI is InChI=1S/C19H25N3O3/c1-22(24)13-3-4-15-5-9-17(10-6-15)21-19(23)20-14-16-7-11-18(25-2)12-8-16/h5-12,24H,3-4,13-14H2,1-2H3,(H2,20,21,23). The number of methoxy groups -OCH3 is 1. The number of aryl methyl sites for hydroxylation is 1. The fourth-order valence-corrected chi connectivity index (χ4v) is 2.37. The molecule has 6 nitrogen and oxygen atoms in total. The summed E-state index contributed by atoms with van der Waals surface area (Å²) >= 11 is 0. The van der Waals surface area contributed by atoms with Crippen molar-refractivity contribution in [1.29, 1.82) is 0 Å². The van der Waals surface area contributed by atoms with E-state index in [1.807, 2.05) is 48.5 Å². The van der Waals surface area contributed by atoms with Gasteiger partial charge in [-0.1, -0.05) is 24.3 Å². The predicted molar refractivity (Wildman–Crippen MR) is 98.0 cm³/mol. The molecule has 2 aromatic carbocycles. The quantitative estimate of drug-likeness (QED) is 0.643. The van der Waals surface area contributed by atoms with Crippen molar-refractivity contribution in [1.82, 2.24) is 10.4 Å².